The van der Waals surface area contributed by atoms with E-state index in [4.69, 9.17) is 9.72 Å². The lowest BCUT2D eigenvalue weighted by atomic mass is 9.89. The Kier molecular flexibility index (Phi) is 6.61. The molecule has 0 aliphatic heterocycles. The molecule has 7 nitrogen and oxygen atoms in total. The van der Waals surface area contributed by atoms with E-state index in [9.17, 15) is 14.4 Å². The van der Waals surface area contributed by atoms with Crippen LogP contribution in [0.5, 0.6) is 0 Å². The first-order chi connectivity index (χ1) is 17.3. The van der Waals surface area contributed by atoms with Gasteiger partial charge in [0.2, 0.25) is 0 Å². The number of fused-ring (bicyclic) bond motifs is 3. The molecule has 0 unspecified atom stereocenters. The minimum Gasteiger partial charge on any atom is -0.465 e. The molecule has 36 heavy (non-hydrogen) atoms. The lowest BCUT2D eigenvalue weighted by Crippen LogP contribution is -2.23. The number of Topliss-reactive ketones (excluding diaryl/α,β-unsaturated/α-hetero) is 1. The van der Waals surface area contributed by atoms with Gasteiger partial charge in [-0.2, -0.15) is 0 Å². The van der Waals surface area contributed by atoms with E-state index in [0.717, 1.165) is 35.3 Å². The van der Waals surface area contributed by atoms with E-state index in [1.165, 1.54) is 23.7 Å². The molecule has 1 aliphatic carbocycles. The van der Waals surface area contributed by atoms with E-state index in [2.05, 4.69) is 11.9 Å². The number of nitrogens with zero attached hydrogens (tertiary/aromatic N) is 2. The zero-order valence-electron chi connectivity index (χ0n) is 20.6. The zero-order valence-corrected chi connectivity index (χ0v) is 22.3. The van der Waals surface area contributed by atoms with Crippen molar-refractivity contribution in [1.29, 1.82) is 0 Å². The summed E-state index contributed by atoms with van der Waals surface area (Å²) in [5.74, 6) is 0.00244. The third-order valence-electron chi connectivity index (χ3n) is 6.75. The fourth-order valence-electron chi connectivity index (χ4n) is 4.91. The molecule has 0 spiro atoms. The van der Waals surface area contributed by atoms with Crippen molar-refractivity contribution in [2.45, 2.75) is 45.2 Å². The highest BCUT2D eigenvalue weighted by Gasteiger charge is 2.26. The predicted octanol–water partition coefficient (Wildman–Crippen LogP) is 5.28. The first-order valence-corrected chi connectivity index (χ1v) is 13.7. The van der Waals surface area contributed by atoms with Gasteiger partial charge >= 0.3 is 5.97 Å². The fraction of sp³-hybridized carbons (Fsp3) is 0.333. The van der Waals surface area contributed by atoms with Crippen LogP contribution in [0, 0.1) is 19.8 Å². The van der Waals surface area contributed by atoms with Gasteiger partial charge in [-0.15, -0.1) is 11.3 Å². The number of para-hydroxylation sites is 1. The largest absolute Gasteiger partial charge is 0.465 e. The lowest BCUT2D eigenvalue weighted by molar-refractivity contribution is 0.0599. The van der Waals surface area contributed by atoms with Crippen molar-refractivity contribution < 1.29 is 14.3 Å². The van der Waals surface area contributed by atoms with Crippen molar-refractivity contribution >= 4 is 45.1 Å². The number of H-pyrrole nitrogens is 1. The van der Waals surface area contributed by atoms with Gasteiger partial charge in [0, 0.05) is 10.6 Å². The van der Waals surface area contributed by atoms with Crippen molar-refractivity contribution in [1.82, 2.24) is 14.5 Å². The van der Waals surface area contributed by atoms with Crippen LogP contribution in [0.1, 0.15) is 55.9 Å². The smallest absolute Gasteiger partial charge is 0.339 e. The van der Waals surface area contributed by atoms with Gasteiger partial charge in [-0.1, -0.05) is 36.9 Å². The summed E-state index contributed by atoms with van der Waals surface area (Å²) >= 11 is 2.83. The van der Waals surface area contributed by atoms with Gasteiger partial charge in [0.15, 0.2) is 10.9 Å². The monoisotopic (exact) mass is 521 g/mol. The molecule has 186 valence electrons. The van der Waals surface area contributed by atoms with Crippen LogP contribution in [0.2, 0.25) is 0 Å². The SMILES string of the molecule is COC(=O)c1c(C)[nH]c(C(=O)CSc2nc3sc4c(c3c(=O)n2-c2ccccc2)CC[C@@H](C)C4)c1C. The zero-order chi connectivity index (χ0) is 25.6. The van der Waals surface area contributed by atoms with E-state index in [1.54, 1.807) is 29.8 Å². The summed E-state index contributed by atoms with van der Waals surface area (Å²) in [6.45, 7) is 5.71. The molecular formula is C27H27N3O4S2. The number of carbonyl (C=O) groups excluding carboxylic acids is 2. The summed E-state index contributed by atoms with van der Waals surface area (Å²) < 4.78 is 6.48. The Hall–Kier alpha value is -3.17. The molecule has 3 heterocycles. The van der Waals surface area contributed by atoms with Crippen LogP contribution in [-0.4, -0.2) is 39.2 Å². The van der Waals surface area contributed by atoms with Crippen molar-refractivity contribution in [3.8, 4) is 5.69 Å². The molecule has 0 amide bonds. The molecule has 0 fully saturated rings. The number of rotatable bonds is 6. The first-order valence-electron chi connectivity index (χ1n) is 11.9. The maximum atomic E-state index is 13.9. The molecule has 0 saturated carbocycles. The summed E-state index contributed by atoms with van der Waals surface area (Å²) in [6.07, 6.45) is 2.92. The van der Waals surface area contributed by atoms with E-state index in [0.29, 0.717) is 39.0 Å². The topological polar surface area (TPSA) is 94.1 Å². The standard InChI is InChI=1S/C27H27N3O4S2/c1-14-10-11-18-20(12-14)36-24-22(18)25(32)30(17-8-6-5-7-9-17)27(29-24)35-13-19(31)23-15(2)21(16(3)28-23)26(33)34-4/h5-9,14,28H,10-13H2,1-4H3/t14-/m1/s1. The summed E-state index contributed by atoms with van der Waals surface area (Å²) in [4.78, 5) is 49.1. The second-order valence-corrected chi connectivity index (χ2v) is 11.3. The van der Waals surface area contributed by atoms with Crippen molar-refractivity contribution in [3.63, 3.8) is 0 Å². The quantitative estimate of drug-likeness (QED) is 0.161. The minimum absolute atomic E-state index is 0.0638. The number of aromatic nitrogens is 3. The molecule has 0 bridgehead atoms. The maximum Gasteiger partial charge on any atom is 0.339 e. The second-order valence-electron chi connectivity index (χ2n) is 9.23. The lowest BCUT2D eigenvalue weighted by Gasteiger charge is -2.17. The summed E-state index contributed by atoms with van der Waals surface area (Å²) in [6, 6.07) is 9.43. The second kappa shape index (κ2) is 9.71. The third-order valence-corrected chi connectivity index (χ3v) is 8.84. The van der Waals surface area contributed by atoms with Gasteiger partial charge in [0.05, 0.1) is 35.2 Å². The molecule has 5 rings (SSSR count). The van der Waals surface area contributed by atoms with E-state index < -0.39 is 5.97 Å². The number of esters is 1. The van der Waals surface area contributed by atoms with Crippen LogP contribution in [0.4, 0.5) is 0 Å². The van der Waals surface area contributed by atoms with Gasteiger partial charge < -0.3 is 9.72 Å². The molecule has 1 atom stereocenters. The molecule has 1 aromatic carbocycles. The number of carbonyl (C=O) groups is 2. The highest BCUT2D eigenvalue weighted by Crippen LogP contribution is 2.37. The third kappa shape index (κ3) is 4.20. The molecule has 4 aromatic rings. The van der Waals surface area contributed by atoms with Gasteiger partial charge in [-0.3, -0.25) is 14.2 Å². The number of ketones is 1. The van der Waals surface area contributed by atoms with Gasteiger partial charge in [-0.05, 0) is 62.3 Å². The van der Waals surface area contributed by atoms with Crippen LogP contribution in [0.25, 0.3) is 15.9 Å². The summed E-state index contributed by atoms with van der Waals surface area (Å²) in [5.41, 5.74) is 3.67. The number of thioether (sulfide) groups is 1. The number of benzene rings is 1. The molecule has 1 N–H and O–H groups in total. The number of thiophene rings is 1. The van der Waals surface area contributed by atoms with Crippen LogP contribution in [-0.2, 0) is 17.6 Å². The Morgan fingerprint density at radius 2 is 2.00 bits per heavy atom. The van der Waals surface area contributed by atoms with E-state index in [1.807, 2.05) is 30.3 Å². The van der Waals surface area contributed by atoms with Crippen molar-refractivity contribution in [3.05, 3.63) is 73.6 Å². The number of nitrogens with one attached hydrogen (secondary N) is 1. The predicted molar refractivity (Wildman–Crippen MR) is 143 cm³/mol. The molecular weight excluding hydrogens is 494 g/mol. The molecule has 0 radical (unpaired) electrons. The Bertz CT molecular complexity index is 1550. The number of hydrogen-bond acceptors (Lipinski definition) is 7. The Balaban J connectivity index is 1.55. The van der Waals surface area contributed by atoms with Crippen LogP contribution < -0.4 is 5.56 Å². The van der Waals surface area contributed by atoms with E-state index in [-0.39, 0.29) is 17.1 Å². The normalized spacial score (nSPS) is 15.2. The highest BCUT2D eigenvalue weighted by molar-refractivity contribution is 7.99. The summed E-state index contributed by atoms with van der Waals surface area (Å²) in [5, 5.41) is 1.19. The van der Waals surface area contributed by atoms with Crippen LogP contribution >= 0.6 is 23.1 Å². The molecule has 9 heteroatoms. The van der Waals surface area contributed by atoms with Crippen molar-refractivity contribution in [2.75, 3.05) is 12.9 Å². The van der Waals surface area contributed by atoms with Crippen molar-refractivity contribution in [2.24, 2.45) is 5.92 Å². The highest BCUT2D eigenvalue weighted by atomic mass is 32.2. The van der Waals surface area contributed by atoms with Gasteiger partial charge in [0.1, 0.15) is 4.83 Å². The Morgan fingerprint density at radius 1 is 1.25 bits per heavy atom. The average molecular weight is 522 g/mol. The number of hydrogen-bond donors (Lipinski definition) is 1. The summed E-state index contributed by atoms with van der Waals surface area (Å²) in [7, 11) is 1.32. The maximum absolute atomic E-state index is 13.9. The number of aromatic amines is 1. The van der Waals surface area contributed by atoms with Gasteiger partial charge in [0.25, 0.3) is 5.56 Å². The Morgan fingerprint density at radius 3 is 2.72 bits per heavy atom. The van der Waals surface area contributed by atoms with E-state index >= 15 is 0 Å². The average Bonchev–Trinajstić information content (AvgIpc) is 3.38. The molecule has 0 saturated heterocycles. The van der Waals surface area contributed by atoms with Crippen LogP contribution in [0.3, 0.4) is 0 Å². The van der Waals surface area contributed by atoms with Crippen LogP contribution in [0.15, 0.2) is 40.3 Å². The number of ether oxygens (including phenoxy) is 1. The first kappa shape index (κ1) is 24.5. The fourth-order valence-corrected chi connectivity index (χ4v) is 7.22. The molecule has 1 aliphatic rings. The number of methoxy groups -OCH3 is 1. The van der Waals surface area contributed by atoms with Gasteiger partial charge in [-0.25, -0.2) is 9.78 Å². The molecule has 3 aromatic heterocycles. The minimum atomic E-state index is -0.478. The Labute approximate surface area is 216 Å². The number of aryl methyl sites for hydroxylation is 2.